The van der Waals surface area contributed by atoms with Gasteiger partial charge in [-0.05, 0) is 24.6 Å². The van der Waals surface area contributed by atoms with E-state index in [4.69, 9.17) is 10.1 Å². The number of benzene rings is 2. The highest BCUT2D eigenvalue weighted by Gasteiger charge is 2.16. The Bertz CT molecular complexity index is 1230. The molecular weight excluding hydrogens is 372 g/mol. The Morgan fingerprint density at radius 2 is 2.00 bits per heavy atom. The van der Waals surface area contributed by atoms with Crippen LogP contribution in [-0.2, 0) is 4.79 Å². The first-order valence-electron chi connectivity index (χ1n) is 8.78. The van der Waals surface area contributed by atoms with E-state index < -0.39 is 5.97 Å². The van der Waals surface area contributed by atoms with Crippen LogP contribution in [0.3, 0.4) is 0 Å². The van der Waals surface area contributed by atoms with Gasteiger partial charge in [-0.3, -0.25) is 14.3 Å². The zero-order valence-corrected chi connectivity index (χ0v) is 15.7. The predicted molar refractivity (Wildman–Crippen MR) is 109 cm³/mol. The van der Waals surface area contributed by atoms with E-state index in [-0.39, 0.29) is 6.42 Å². The molecule has 28 heavy (non-hydrogen) atoms. The Morgan fingerprint density at radius 3 is 2.79 bits per heavy atom. The maximum absolute atomic E-state index is 10.8. The van der Waals surface area contributed by atoms with Crippen LogP contribution in [0, 0.1) is 11.3 Å². The normalized spacial score (nSPS) is 11.0. The Labute approximate surface area is 165 Å². The summed E-state index contributed by atoms with van der Waals surface area (Å²) in [6, 6.07) is 15.7. The maximum atomic E-state index is 10.8. The number of nitriles is 1. The molecule has 2 heterocycles. The molecule has 0 atom stereocenters. The molecule has 2 aromatic heterocycles. The van der Waals surface area contributed by atoms with Gasteiger partial charge in [-0.15, -0.1) is 0 Å². The van der Waals surface area contributed by atoms with E-state index in [1.54, 1.807) is 12.4 Å². The van der Waals surface area contributed by atoms with Crippen LogP contribution in [0.4, 0.5) is 0 Å². The van der Waals surface area contributed by atoms with Crippen molar-refractivity contribution in [3.05, 3.63) is 60.4 Å². The van der Waals surface area contributed by atoms with E-state index in [2.05, 4.69) is 15.6 Å². The maximum Gasteiger partial charge on any atom is 0.303 e. The van der Waals surface area contributed by atoms with Gasteiger partial charge >= 0.3 is 5.97 Å². The summed E-state index contributed by atoms with van der Waals surface area (Å²) in [4.78, 5) is 19.7. The zero-order chi connectivity index (χ0) is 19.5. The van der Waals surface area contributed by atoms with Crippen molar-refractivity contribution in [2.45, 2.75) is 18.0 Å². The summed E-state index contributed by atoms with van der Waals surface area (Å²) in [5.74, 6) is -0.145. The lowest BCUT2D eigenvalue weighted by molar-refractivity contribution is -0.137. The van der Waals surface area contributed by atoms with Crippen molar-refractivity contribution in [3.63, 3.8) is 0 Å². The van der Waals surface area contributed by atoms with Crippen LogP contribution in [0.15, 0.2) is 60.0 Å². The Morgan fingerprint density at radius 1 is 1.18 bits per heavy atom. The molecule has 7 heteroatoms. The molecule has 0 fully saturated rings. The van der Waals surface area contributed by atoms with Crippen LogP contribution in [0.1, 0.15) is 18.4 Å². The number of carbonyl (C=O) groups is 1. The van der Waals surface area contributed by atoms with E-state index >= 15 is 0 Å². The second-order valence-corrected chi connectivity index (χ2v) is 7.29. The Hall–Kier alpha value is -3.37. The molecule has 0 radical (unpaired) electrons. The molecule has 0 saturated heterocycles. The summed E-state index contributed by atoms with van der Waals surface area (Å²) in [7, 11) is 0. The van der Waals surface area contributed by atoms with Crippen LogP contribution in [0.2, 0.25) is 0 Å². The molecule has 1 N–H and O–H groups in total. The molecule has 0 spiro atoms. The third-order valence-electron chi connectivity index (χ3n) is 4.45. The third kappa shape index (κ3) is 3.30. The van der Waals surface area contributed by atoms with E-state index in [0.717, 1.165) is 32.6 Å². The fourth-order valence-electron chi connectivity index (χ4n) is 3.20. The van der Waals surface area contributed by atoms with Gasteiger partial charge in [0.25, 0.3) is 0 Å². The number of hydrogen-bond donors (Lipinski definition) is 1. The molecule has 0 aliphatic rings. The van der Waals surface area contributed by atoms with E-state index in [9.17, 15) is 10.1 Å². The number of imidazole rings is 1. The molecular formula is C21H16N4O2S. The largest absolute Gasteiger partial charge is 0.481 e. The Balaban J connectivity index is 1.86. The summed E-state index contributed by atoms with van der Waals surface area (Å²) >= 11 is 1.52. The molecule has 2 aromatic carbocycles. The fraction of sp³-hybridized carbons (Fsp3) is 0.143. The van der Waals surface area contributed by atoms with E-state index in [1.807, 2.05) is 42.5 Å². The highest BCUT2D eigenvalue weighted by molar-refractivity contribution is 7.99. The number of rotatable bonds is 6. The summed E-state index contributed by atoms with van der Waals surface area (Å²) in [6.45, 7) is 0. The number of thioether (sulfide) groups is 1. The number of aliphatic carboxylic acids is 1. The van der Waals surface area contributed by atoms with Crippen molar-refractivity contribution in [2.24, 2.45) is 0 Å². The number of carboxylic acids is 1. The average molecular weight is 388 g/mol. The van der Waals surface area contributed by atoms with Crippen molar-refractivity contribution in [1.82, 2.24) is 14.5 Å². The van der Waals surface area contributed by atoms with Gasteiger partial charge < -0.3 is 5.11 Å². The first kappa shape index (κ1) is 18.0. The van der Waals surface area contributed by atoms with E-state index in [0.29, 0.717) is 17.7 Å². The van der Waals surface area contributed by atoms with Crippen molar-refractivity contribution in [2.75, 3.05) is 5.75 Å². The van der Waals surface area contributed by atoms with Crippen LogP contribution in [0.5, 0.6) is 0 Å². The first-order valence-corrected chi connectivity index (χ1v) is 9.77. The summed E-state index contributed by atoms with van der Waals surface area (Å²) in [5.41, 5.74) is 3.26. The standard InChI is InChI=1S/C21H16N4O2S/c22-12-14-7-8-18(16-5-2-1-4-15(14)16)25-19-9-10-23-13-17(19)24-21(25)28-11-3-6-20(26)27/h1-2,4-5,7-10,13H,3,6,11H2,(H,26,27). The monoisotopic (exact) mass is 388 g/mol. The van der Waals surface area contributed by atoms with Crippen molar-refractivity contribution in [1.29, 1.82) is 5.26 Å². The van der Waals surface area contributed by atoms with Crippen LogP contribution >= 0.6 is 11.8 Å². The highest BCUT2D eigenvalue weighted by Crippen LogP contribution is 2.33. The molecule has 0 unspecified atom stereocenters. The molecule has 0 amide bonds. The number of carboxylic acid groups (broad SMARTS) is 1. The van der Waals surface area contributed by atoms with Crippen molar-refractivity contribution >= 4 is 39.5 Å². The smallest absolute Gasteiger partial charge is 0.303 e. The quantitative estimate of drug-likeness (QED) is 0.389. The number of nitrogens with zero attached hydrogens (tertiary/aromatic N) is 4. The van der Waals surface area contributed by atoms with Gasteiger partial charge in [0.15, 0.2) is 5.16 Å². The minimum atomic E-state index is -0.795. The third-order valence-corrected chi connectivity index (χ3v) is 5.48. The summed E-state index contributed by atoms with van der Waals surface area (Å²) in [6.07, 6.45) is 4.15. The average Bonchev–Trinajstić information content (AvgIpc) is 3.08. The number of aromatic nitrogens is 3. The van der Waals surface area contributed by atoms with Gasteiger partial charge in [0.1, 0.15) is 5.52 Å². The van der Waals surface area contributed by atoms with Crippen molar-refractivity contribution < 1.29 is 9.90 Å². The summed E-state index contributed by atoms with van der Waals surface area (Å²) in [5, 5.41) is 20.9. The van der Waals surface area contributed by atoms with Gasteiger partial charge in [-0.25, -0.2) is 4.98 Å². The number of hydrogen-bond acceptors (Lipinski definition) is 5. The molecule has 0 bridgehead atoms. The van der Waals surface area contributed by atoms with E-state index in [1.165, 1.54) is 11.8 Å². The molecule has 6 nitrogen and oxygen atoms in total. The highest BCUT2D eigenvalue weighted by atomic mass is 32.2. The molecule has 0 aliphatic heterocycles. The second kappa shape index (κ2) is 7.71. The van der Waals surface area contributed by atoms with Gasteiger partial charge in [-0.1, -0.05) is 36.0 Å². The Kier molecular flexibility index (Phi) is 4.96. The van der Waals surface area contributed by atoms with Crippen LogP contribution < -0.4 is 0 Å². The minimum absolute atomic E-state index is 0.134. The van der Waals surface area contributed by atoms with Gasteiger partial charge in [0, 0.05) is 29.1 Å². The van der Waals surface area contributed by atoms with Crippen molar-refractivity contribution in [3.8, 4) is 11.8 Å². The molecule has 0 aliphatic carbocycles. The van der Waals surface area contributed by atoms with Crippen LogP contribution in [0.25, 0.3) is 27.5 Å². The lowest BCUT2D eigenvalue weighted by Gasteiger charge is -2.13. The van der Waals surface area contributed by atoms with Gasteiger partial charge in [0.2, 0.25) is 0 Å². The predicted octanol–water partition coefficient (Wildman–Crippen LogP) is 4.40. The first-order chi connectivity index (χ1) is 13.7. The molecule has 4 aromatic rings. The lowest BCUT2D eigenvalue weighted by Crippen LogP contribution is -2.00. The summed E-state index contributed by atoms with van der Waals surface area (Å²) < 4.78 is 2.06. The number of pyridine rings is 1. The van der Waals surface area contributed by atoms with Gasteiger partial charge in [-0.2, -0.15) is 5.26 Å². The number of fused-ring (bicyclic) bond motifs is 2. The second-order valence-electron chi connectivity index (χ2n) is 6.23. The minimum Gasteiger partial charge on any atom is -0.481 e. The zero-order valence-electron chi connectivity index (χ0n) is 14.9. The topological polar surface area (TPSA) is 91.8 Å². The fourth-order valence-corrected chi connectivity index (χ4v) is 4.16. The van der Waals surface area contributed by atoms with Gasteiger partial charge in [0.05, 0.1) is 29.0 Å². The molecule has 0 saturated carbocycles. The SMILES string of the molecule is N#Cc1ccc(-n2c(SCCCC(=O)O)nc3cnccc32)c2ccccc12. The lowest BCUT2D eigenvalue weighted by atomic mass is 10.0. The molecule has 138 valence electrons. The van der Waals surface area contributed by atoms with Crippen LogP contribution in [-0.4, -0.2) is 31.4 Å². The molecule has 4 rings (SSSR count).